The molecule has 0 saturated heterocycles. The smallest absolute Gasteiger partial charge is 0.0862 e. The third-order valence-corrected chi connectivity index (χ3v) is 38.1. The van der Waals surface area contributed by atoms with Crippen LogP contribution in [-0.2, 0) is 142 Å². The molecule has 4 unspecified atom stereocenters. The molecule has 142 heavy (non-hydrogen) atoms. The maximum absolute atomic E-state index is 12.6. The molecule has 0 spiro atoms. The van der Waals surface area contributed by atoms with Crippen LogP contribution in [-0.4, -0.2) is 46.3 Å². The lowest BCUT2D eigenvalue weighted by atomic mass is 10.0. The maximum atomic E-state index is 12.6. The van der Waals surface area contributed by atoms with Gasteiger partial charge in [0.25, 0.3) is 0 Å². The number of benzene rings is 15. The molecule has 0 saturated carbocycles. The molecule has 15 aromatic carbocycles. The topological polar surface area (TPSA) is 188 Å². The van der Waals surface area contributed by atoms with E-state index >= 15 is 0 Å². The molecule has 19 rings (SSSR count). The van der Waals surface area contributed by atoms with Gasteiger partial charge in [-0.2, -0.15) is 0 Å². The standard InChI is InChI=1S/C20H18O2S2.2C16H18OS.2C14H12OS.2C14H14OS.C6H8O2S2.C6H8OS/c1-15-3-7-17(8-4-15)23(21)19-11-13-20(14-12-19)24(22)18-9-5-16(2)6-10-18;1-13-3-7-15(8-4-13)11-18(17)12-16-9-5-14(2)6-10-16;1-13-5-3-7-15(9-13)11-18(17)12-16-8-4-6-14(2)10-16;1-9-3-5-13-11(7-9)12-8-10(2)4-6-14(12)16(13)15;1-9-3-5-11-12-6-4-10(2)8-14(12)16(15)13(11)7-9;1-11-3-7-13(8-4-11)16(15)14-9-5-12(2)6-10-14;1-11-5-3-7-13(9-11)16(15)14-8-4-6-12(2)10-14;1-5-3-10(8)6(2)4-9(5)7;1-5-3-4-6(2)8(5)7/h3-14H,1-2H3;2*3-10H,11-12H2,1-2H3;2*3-8H,1-2H3;2*3-10H,1-2H3;3-4H,1-2H3;3-4H,1-2H3. The summed E-state index contributed by atoms with van der Waals surface area (Å²) >= 11 is 0. The number of allylic oxidation sites excluding steroid dienone is 6. The molecule has 4 heterocycles. The van der Waals surface area contributed by atoms with Crippen LogP contribution in [0.2, 0.25) is 0 Å². The fourth-order valence-corrected chi connectivity index (χ4v) is 27.5. The highest BCUT2D eigenvalue weighted by Gasteiger charge is 2.27. The summed E-state index contributed by atoms with van der Waals surface area (Å²) in [7, 11) is -11.1. The summed E-state index contributed by atoms with van der Waals surface area (Å²) in [5.74, 6) is 2.54. The van der Waals surface area contributed by atoms with Crippen LogP contribution in [0.4, 0.5) is 0 Å². The zero-order valence-corrected chi connectivity index (χ0v) is 92.4. The fraction of sp³-hybridized carbons (Fsp3) is 0.183. The van der Waals surface area contributed by atoms with Crippen LogP contribution in [0.3, 0.4) is 0 Å². The lowest BCUT2D eigenvalue weighted by molar-refractivity contribution is 0.681. The summed E-state index contributed by atoms with van der Waals surface area (Å²) in [5, 5.41) is 3.07. The minimum atomic E-state index is -1.22. The van der Waals surface area contributed by atoms with E-state index in [0.717, 1.165) is 137 Å². The van der Waals surface area contributed by atoms with Gasteiger partial charge in [-0.15, -0.1) is 0 Å². The first-order valence-electron chi connectivity index (χ1n) is 46.1. The van der Waals surface area contributed by atoms with Crippen molar-refractivity contribution >= 4 is 119 Å². The molecule has 15 aromatic rings. The zero-order chi connectivity index (χ0) is 103. The second-order valence-corrected chi connectivity index (χ2v) is 51.7. The Morgan fingerprint density at radius 3 is 0.697 bits per heavy atom. The Hall–Kier alpha value is -11.1. The number of aryl methyl sites for hydroxylation is 14. The van der Waals surface area contributed by atoms with E-state index in [1.165, 1.54) is 55.3 Å². The van der Waals surface area contributed by atoms with Crippen LogP contribution in [0.5, 0.6) is 0 Å². The van der Waals surface area contributed by atoms with Crippen molar-refractivity contribution in [3.63, 3.8) is 0 Å². The van der Waals surface area contributed by atoms with Crippen molar-refractivity contribution in [3.8, 4) is 22.3 Å². The predicted molar refractivity (Wildman–Crippen MR) is 600 cm³/mol. The van der Waals surface area contributed by atoms with E-state index in [9.17, 15) is 46.3 Å². The molecular formula is C120H122O11S11. The minimum absolute atomic E-state index is 0.633. The maximum Gasteiger partial charge on any atom is 0.0862 e. The third-order valence-electron chi connectivity index (χ3n) is 22.6. The highest BCUT2D eigenvalue weighted by molar-refractivity contribution is 7.98. The quantitative estimate of drug-likeness (QED) is 0.0895. The van der Waals surface area contributed by atoms with Crippen LogP contribution >= 0.6 is 0 Å². The second kappa shape index (κ2) is 54.0. The summed E-state index contributed by atoms with van der Waals surface area (Å²) < 4.78 is 131. The monoisotopic (exact) mass is 2090 g/mol. The number of hydrogen-bond acceptors (Lipinski definition) is 11. The lowest BCUT2D eigenvalue weighted by Gasteiger charge is -2.06. The van der Waals surface area contributed by atoms with Gasteiger partial charge in [0.15, 0.2) is 0 Å². The van der Waals surface area contributed by atoms with Gasteiger partial charge >= 0.3 is 0 Å². The van der Waals surface area contributed by atoms with Gasteiger partial charge in [-0.1, -0.05) is 274 Å². The van der Waals surface area contributed by atoms with Gasteiger partial charge < -0.3 is 0 Å². The first kappa shape index (κ1) is 111. The highest BCUT2D eigenvalue weighted by Crippen LogP contribution is 2.43. The fourth-order valence-electron chi connectivity index (χ4n) is 14.6. The SMILES string of the molecule is CC1=CC=C(C)S1=O.CC1=CS(=O)C(C)=CS1=O.Cc1ccc(CS(=O)Cc2ccc(C)cc2)cc1.Cc1ccc(S(=O)c2ccc(C)cc2)cc1.Cc1ccc(S(=O)c2ccc(S(=O)c3ccc(C)cc3)cc2)cc1.Cc1ccc2c(c1)-c1cc(C)ccc1S2=O.Cc1ccc2c(c1)S(=O)c1cc(C)ccc1-2.Cc1cccc(CS(=O)Cc2cccc(C)c2)c1.Cc1cccc(S(=O)c2cccc(C)c2)c1. The summed E-state index contributed by atoms with van der Waals surface area (Å²) in [6.45, 7) is 35.7. The van der Waals surface area contributed by atoms with E-state index in [1.54, 1.807) is 38.1 Å². The average molecular weight is 2090 g/mol. The number of rotatable bonds is 16. The zero-order valence-electron chi connectivity index (χ0n) is 83.5. The summed E-state index contributed by atoms with van der Waals surface area (Å²) in [6, 6.07) is 111. The first-order valence-corrected chi connectivity index (χ1v) is 59.6. The van der Waals surface area contributed by atoms with Crippen molar-refractivity contribution in [1.82, 2.24) is 0 Å². The van der Waals surface area contributed by atoms with Crippen LogP contribution < -0.4 is 0 Å². The van der Waals surface area contributed by atoms with Gasteiger partial charge in [0.1, 0.15) is 0 Å². The summed E-state index contributed by atoms with van der Waals surface area (Å²) in [4.78, 5) is 13.5. The molecule has 0 aliphatic carbocycles. The number of fused-ring (bicyclic) bond motifs is 6. The normalized spacial score (nSPS) is 14.0. The molecule has 4 atom stereocenters. The molecule has 22 heteroatoms. The average Bonchev–Trinajstić information content (AvgIpc) is 1.62. The van der Waals surface area contributed by atoms with E-state index in [4.69, 9.17) is 0 Å². The van der Waals surface area contributed by atoms with E-state index in [0.29, 0.717) is 42.6 Å². The van der Waals surface area contributed by atoms with Crippen molar-refractivity contribution in [2.75, 3.05) is 0 Å². The summed E-state index contributed by atoms with van der Waals surface area (Å²) in [5.41, 5.74) is 25.7. The lowest BCUT2D eigenvalue weighted by Crippen LogP contribution is -2.00. The van der Waals surface area contributed by atoms with Crippen molar-refractivity contribution in [2.45, 2.75) is 206 Å². The molecule has 0 fully saturated rings. The van der Waals surface area contributed by atoms with Crippen molar-refractivity contribution in [1.29, 1.82) is 0 Å². The molecule has 0 N–H and O–H groups in total. The molecule has 0 bridgehead atoms. The molecule has 4 aliphatic rings. The second-order valence-electron chi connectivity index (χ2n) is 35.2. The summed E-state index contributed by atoms with van der Waals surface area (Å²) in [6.07, 6.45) is 3.79. The molecular weight excluding hydrogens is 1970 g/mol. The van der Waals surface area contributed by atoms with E-state index in [-0.39, 0.29) is 0 Å². The Bertz CT molecular complexity index is 6980. The Morgan fingerprint density at radius 1 is 0.183 bits per heavy atom. The predicted octanol–water partition coefficient (Wildman–Crippen LogP) is 28.8. The molecule has 11 nitrogen and oxygen atoms in total. The first-order chi connectivity index (χ1) is 67.8. The van der Waals surface area contributed by atoms with E-state index in [2.05, 4.69) is 151 Å². The van der Waals surface area contributed by atoms with E-state index in [1.807, 2.05) is 288 Å². The largest absolute Gasteiger partial charge is 0.259 e. The Morgan fingerprint density at radius 2 is 0.415 bits per heavy atom. The van der Waals surface area contributed by atoms with Crippen molar-refractivity contribution in [2.24, 2.45) is 0 Å². The minimum Gasteiger partial charge on any atom is -0.259 e. The van der Waals surface area contributed by atoms with Gasteiger partial charge in [-0.3, -0.25) is 8.42 Å². The van der Waals surface area contributed by atoms with Crippen LogP contribution in [0, 0.1) is 96.9 Å². The van der Waals surface area contributed by atoms with Crippen molar-refractivity contribution < 1.29 is 46.3 Å². The van der Waals surface area contributed by atoms with Crippen LogP contribution in [0.25, 0.3) is 22.3 Å². The van der Waals surface area contributed by atoms with E-state index < -0.39 is 119 Å². The Balaban J connectivity index is 0.000000154. The van der Waals surface area contributed by atoms with Crippen LogP contribution in [0.1, 0.15) is 128 Å². The third kappa shape index (κ3) is 33.2. The highest BCUT2D eigenvalue weighted by atomic mass is 32.2. The van der Waals surface area contributed by atoms with Crippen molar-refractivity contribution in [3.05, 3.63) is 482 Å². The van der Waals surface area contributed by atoms with Gasteiger partial charge in [-0.25, -0.2) is 37.9 Å². The molecule has 0 aromatic heterocycles. The molecule has 0 radical (unpaired) electrons. The molecule has 4 aliphatic heterocycles. The Kier molecular flexibility index (Phi) is 42.3. The molecule has 734 valence electrons. The van der Waals surface area contributed by atoms with Gasteiger partial charge in [0.2, 0.25) is 0 Å². The Labute approximate surface area is 868 Å². The van der Waals surface area contributed by atoms with Gasteiger partial charge in [-0.05, 0) is 325 Å². The molecule has 0 amide bonds. The van der Waals surface area contributed by atoms with Gasteiger partial charge in [0.05, 0.1) is 117 Å². The number of hydrogen-bond donors (Lipinski definition) is 0. The van der Waals surface area contributed by atoms with Crippen LogP contribution in [0.15, 0.2) is 441 Å². The van der Waals surface area contributed by atoms with Gasteiger partial charge in [0, 0.05) is 114 Å².